The third-order valence-corrected chi connectivity index (χ3v) is 8.29. The minimum Gasteiger partial charge on any atom is -0.467 e. The van der Waals surface area contributed by atoms with Gasteiger partial charge in [0.15, 0.2) is 0 Å². The molecule has 0 radical (unpaired) electrons. The van der Waals surface area contributed by atoms with Gasteiger partial charge in [-0.2, -0.15) is 16.4 Å². The summed E-state index contributed by atoms with van der Waals surface area (Å²) in [5, 5.41) is 12.1. The van der Waals surface area contributed by atoms with Gasteiger partial charge in [0.05, 0.1) is 35.2 Å². The topological polar surface area (TPSA) is 80.4 Å². The lowest BCUT2D eigenvalue weighted by Crippen LogP contribution is -2.42. The fourth-order valence-electron chi connectivity index (χ4n) is 4.53. The van der Waals surface area contributed by atoms with Crippen molar-refractivity contribution >= 4 is 40.7 Å². The number of anilines is 1. The minimum atomic E-state index is -0.284. The Morgan fingerprint density at radius 2 is 2.00 bits per heavy atom. The van der Waals surface area contributed by atoms with Crippen molar-refractivity contribution in [3.05, 3.63) is 87.6 Å². The highest BCUT2D eigenvalue weighted by Gasteiger charge is 2.40. The van der Waals surface area contributed by atoms with Gasteiger partial charge in [-0.1, -0.05) is 39.0 Å². The number of hydrogen-bond acceptors (Lipinski definition) is 6. The molecular weight excluding hydrogens is 504 g/mol. The number of amides is 2. The zero-order valence-corrected chi connectivity index (χ0v) is 23.0. The van der Waals surface area contributed by atoms with Crippen molar-refractivity contribution in [1.82, 2.24) is 15.1 Å². The van der Waals surface area contributed by atoms with Crippen molar-refractivity contribution in [2.24, 2.45) is 0 Å². The molecule has 4 aromatic rings. The molecule has 37 heavy (non-hydrogen) atoms. The highest BCUT2D eigenvalue weighted by molar-refractivity contribution is 8.00. The Bertz CT molecular complexity index is 1400. The highest BCUT2D eigenvalue weighted by Crippen LogP contribution is 2.48. The molecule has 0 spiro atoms. The molecule has 7 nitrogen and oxygen atoms in total. The van der Waals surface area contributed by atoms with E-state index < -0.39 is 0 Å². The van der Waals surface area contributed by atoms with Gasteiger partial charge in [-0.25, -0.2) is 4.68 Å². The third-order valence-electron chi connectivity index (χ3n) is 6.33. The van der Waals surface area contributed by atoms with E-state index in [0.29, 0.717) is 11.6 Å². The molecular formula is C28H30N4O3S2. The zero-order chi connectivity index (χ0) is 26.2. The van der Waals surface area contributed by atoms with Crippen LogP contribution in [0.2, 0.25) is 0 Å². The summed E-state index contributed by atoms with van der Waals surface area (Å²) in [6.07, 6.45) is 1.57. The van der Waals surface area contributed by atoms with Crippen LogP contribution in [0.25, 0.3) is 5.69 Å². The molecule has 5 rings (SSSR count). The van der Waals surface area contributed by atoms with E-state index in [1.807, 2.05) is 35.9 Å². The summed E-state index contributed by atoms with van der Waals surface area (Å²) in [6.45, 7) is 8.60. The van der Waals surface area contributed by atoms with Crippen LogP contribution in [0.5, 0.6) is 0 Å². The van der Waals surface area contributed by atoms with Gasteiger partial charge in [0.1, 0.15) is 18.1 Å². The average Bonchev–Trinajstić information content (AvgIpc) is 3.62. The van der Waals surface area contributed by atoms with Crippen LogP contribution in [0.4, 0.5) is 5.82 Å². The number of furan rings is 1. The van der Waals surface area contributed by atoms with Crippen molar-refractivity contribution in [2.75, 3.05) is 17.2 Å². The fourth-order valence-corrected chi connectivity index (χ4v) is 6.49. The summed E-state index contributed by atoms with van der Waals surface area (Å²) in [5.41, 5.74) is 4.69. The minimum absolute atomic E-state index is 0.0756. The number of fused-ring (bicyclic) bond motifs is 1. The lowest BCUT2D eigenvalue weighted by molar-refractivity contribution is -0.123. The van der Waals surface area contributed by atoms with Gasteiger partial charge >= 0.3 is 0 Å². The van der Waals surface area contributed by atoms with E-state index in [-0.39, 0.29) is 41.3 Å². The summed E-state index contributed by atoms with van der Waals surface area (Å²) in [6, 6.07) is 13.7. The smallest absolute Gasteiger partial charge is 0.240 e. The number of nitrogens with zero attached hydrogens (tertiary/aromatic N) is 3. The molecule has 0 aliphatic carbocycles. The van der Waals surface area contributed by atoms with E-state index in [9.17, 15) is 9.59 Å². The molecule has 0 saturated carbocycles. The largest absolute Gasteiger partial charge is 0.467 e. The van der Waals surface area contributed by atoms with E-state index in [0.717, 1.165) is 28.1 Å². The monoisotopic (exact) mass is 534 g/mol. The number of carbonyl (C=O) groups is 2. The van der Waals surface area contributed by atoms with Crippen LogP contribution in [-0.4, -0.2) is 33.9 Å². The van der Waals surface area contributed by atoms with Gasteiger partial charge in [0.2, 0.25) is 11.8 Å². The molecule has 1 aliphatic rings. The lowest BCUT2D eigenvalue weighted by atomic mass is 9.87. The first-order valence-corrected chi connectivity index (χ1v) is 14.2. The van der Waals surface area contributed by atoms with Crippen molar-refractivity contribution in [2.45, 2.75) is 44.9 Å². The predicted octanol–water partition coefficient (Wildman–Crippen LogP) is 5.62. The summed E-state index contributed by atoms with van der Waals surface area (Å²) in [7, 11) is 0. The van der Waals surface area contributed by atoms with Gasteiger partial charge in [-0.05, 0) is 53.1 Å². The maximum absolute atomic E-state index is 13.7. The Morgan fingerprint density at radius 1 is 1.19 bits per heavy atom. The normalized spacial score (nSPS) is 15.9. The number of aromatic nitrogens is 2. The maximum atomic E-state index is 13.7. The Labute approximate surface area is 224 Å². The number of para-hydroxylation sites is 1. The van der Waals surface area contributed by atoms with Crippen LogP contribution in [0.15, 0.2) is 63.9 Å². The predicted molar refractivity (Wildman–Crippen MR) is 149 cm³/mol. The highest BCUT2D eigenvalue weighted by atomic mass is 32.2. The van der Waals surface area contributed by atoms with Gasteiger partial charge in [-0.3, -0.25) is 14.5 Å². The van der Waals surface area contributed by atoms with Gasteiger partial charge in [0, 0.05) is 11.0 Å². The van der Waals surface area contributed by atoms with Gasteiger partial charge in [0.25, 0.3) is 0 Å². The second-order valence-corrected chi connectivity index (χ2v) is 12.0. The third kappa shape index (κ3) is 5.10. The van der Waals surface area contributed by atoms with Crippen LogP contribution >= 0.6 is 23.1 Å². The first-order chi connectivity index (χ1) is 17.7. The number of thioether (sulfide) groups is 1. The first kappa shape index (κ1) is 25.4. The Hall–Kier alpha value is -3.30. The number of benzene rings is 1. The molecule has 1 N–H and O–H groups in total. The van der Waals surface area contributed by atoms with Crippen LogP contribution in [0.1, 0.15) is 54.2 Å². The quantitative estimate of drug-likeness (QED) is 0.347. The fraction of sp³-hybridized carbons (Fsp3) is 0.321. The molecule has 2 amide bonds. The second-order valence-electron chi connectivity index (χ2n) is 10.1. The van der Waals surface area contributed by atoms with E-state index in [1.165, 1.54) is 0 Å². The molecule has 192 valence electrons. The first-order valence-electron chi connectivity index (χ1n) is 12.2. The molecule has 3 aromatic heterocycles. The van der Waals surface area contributed by atoms with Gasteiger partial charge in [-0.15, -0.1) is 11.8 Å². The van der Waals surface area contributed by atoms with Crippen LogP contribution in [0.3, 0.4) is 0 Å². The molecule has 4 heterocycles. The van der Waals surface area contributed by atoms with E-state index >= 15 is 0 Å². The van der Waals surface area contributed by atoms with Crippen molar-refractivity contribution < 1.29 is 14.0 Å². The lowest BCUT2D eigenvalue weighted by Gasteiger charge is -2.24. The number of nitrogens with one attached hydrogen (secondary N) is 1. The molecule has 1 aromatic carbocycles. The van der Waals surface area contributed by atoms with Crippen LogP contribution < -0.4 is 10.2 Å². The van der Waals surface area contributed by atoms with E-state index in [1.54, 1.807) is 46.4 Å². The molecule has 1 unspecified atom stereocenters. The Kier molecular flexibility index (Phi) is 7.00. The molecule has 1 aliphatic heterocycles. The van der Waals surface area contributed by atoms with Crippen LogP contribution in [-0.2, 0) is 21.5 Å². The van der Waals surface area contributed by atoms with E-state index in [4.69, 9.17) is 9.52 Å². The van der Waals surface area contributed by atoms with Crippen molar-refractivity contribution in [3.63, 3.8) is 0 Å². The second kappa shape index (κ2) is 10.2. The summed E-state index contributed by atoms with van der Waals surface area (Å²) in [5.74, 6) is 1.21. The Morgan fingerprint density at radius 3 is 2.68 bits per heavy atom. The number of hydrogen-bond donors (Lipinski definition) is 1. The molecule has 0 bridgehead atoms. The van der Waals surface area contributed by atoms with E-state index in [2.05, 4.69) is 42.9 Å². The van der Waals surface area contributed by atoms with Gasteiger partial charge < -0.3 is 9.73 Å². The number of aryl methyl sites for hydroxylation is 1. The van der Waals surface area contributed by atoms with Crippen LogP contribution in [0, 0.1) is 6.92 Å². The number of rotatable bonds is 6. The SMILES string of the molecule is Cc1ccccc1-n1nc(C(C)(C)C)c2c1N(CC(=O)NCc1ccco1)C(=O)CSC2c1ccsc1. The van der Waals surface area contributed by atoms with Crippen molar-refractivity contribution in [1.29, 1.82) is 0 Å². The number of thiophene rings is 1. The molecule has 0 saturated heterocycles. The molecule has 9 heteroatoms. The molecule has 1 atom stereocenters. The average molecular weight is 535 g/mol. The summed E-state index contributed by atoms with van der Waals surface area (Å²) in [4.78, 5) is 28.4. The summed E-state index contributed by atoms with van der Waals surface area (Å²) >= 11 is 3.23. The Balaban J connectivity index is 1.66. The number of carbonyl (C=O) groups excluding carboxylic acids is 2. The molecule has 0 fully saturated rings. The summed E-state index contributed by atoms with van der Waals surface area (Å²) < 4.78 is 7.22. The van der Waals surface area contributed by atoms with Crippen molar-refractivity contribution in [3.8, 4) is 5.69 Å². The zero-order valence-electron chi connectivity index (χ0n) is 21.4. The maximum Gasteiger partial charge on any atom is 0.240 e. The standard InChI is InChI=1S/C28H30N4O3S2/c1-18-8-5-6-10-21(18)32-27-24(26(30-32)28(2,3)4)25(19-11-13-36-16-19)37-17-23(34)31(27)15-22(33)29-14-20-9-7-12-35-20/h5-13,16,25H,14-15,17H2,1-4H3,(H,29,33).